The van der Waals surface area contributed by atoms with E-state index in [9.17, 15) is 8.42 Å². The fraction of sp³-hybridized carbons (Fsp3) is 0.571. The molecule has 1 aromatic carbocycles. The molecule has 0 bridgehead atoms. The number of rotatable bonds is 4. The van der Waals surface area contributed by atoms with Crippen molar-refractivity contribution in [3.05, 3.63) is 22.2 Å². The van der Waals surface area contributed by atoms with Gasteiger partial charge in [0, 0.05) is 16.2 Å². The van der Waals surface area contributed by atoms with Crippen molar-refractivity contribution in [3.63, 3.8) is 0 Å². The largest absolute Gasteiger partial charge is 0.398 e. The Labute approximate surface area is 129 Å². The van der Waals surface area contributed by atoms with Crippen LogP contribution < -0.4 is 10.5 Å². The third kappa shape index (κ3) is 3.35. The summed E-state index contributed by atoms with van der Waals surface area (Å²) >= 11 is 3.30. The third-order valence-corrected chi connectivity index (χ3v) is 6.25. The van der Waals surface area contributed by atoms with Crippen LogP contribution in [-0.2, 0) is 10.0 Å². The Morgan fingerprint density at radius 1 is 1.35 bits per heavy atom. The van der Waals surface area contributed by atoms with E-state index in [0.29, 0.717) is 21.6 Å². The maximum absolute atomic E-state index is 12.5. The summed E-state index contributed by atoms with van der Waals surface area (Å²) in [5, 5.41) is 0. The number of hydrogen-bond acceptors (Lipinski definition) is 3. The summed E-state index contributed by atoms with van der Waals surface area (Å²) in [6.07, 6.45) is 4.59. The van der Waals surface area contributed by atoms with Crippen molar-refractivity contribution in [2.45, 2.75) is 50.5 Å². The first-order valence-corrected chi connectivity index (χ1v) is 9.17. The summed E-state index contributed by atoms with van der Waals surface area (Å²) in [7, 11) is -3.53. The van der Waals surface area contributed by atoms with Crippen molar-refractivity contribution in [1.29, 1.82) is 0 Å². The number of hydrogen-bond donors (Lipinski definition) is 2. The zero-order valence-corrected chi connectivity index (χ0v) is 14.2. The molecule has 0 radical (unpaired) electrons. The van der Waals surface area contributed by atoms with Crippen LogP contribution >= 0.6 is 15.9 Å². The first-order chi connectivity index (χ1) is 9.31. The number of halogens is 1. The van der Waals surface area contributed by atoms with Gasteiger partial charge in [0.2, 0.25) is 10.0 Å². The lowest BCUT2D eigenvalue weighted by atomic mass is 10.0. The molecule has 1 fully saturated rings. The molecule has 1 unspecified atom stereocenters. The van der Waals surface area contributed by atoms with Gasteiger partial charge in [-0.25, -0.2) is 13.1 Å². The van der Waals surface area contributed by atoms with E-state index in [4.69, 9.17) is 5.73 Å². The lowest BCUT2D eigenvalue weighted by Crippen LogP contribution is -2.37. The number of nitrogens with one attached hydrogen (secondary N) is 1. The van der Waals surface area contributed by atoms with Gasteiger partial charge in [0.05, 0.1) is 4.90 Å². The van der Waals surface area contributed by atoms with E-state index in [0.717, 1.165) is 12.8 Å². The Morgan fingerprint density at radius 2 is 1.95 bits per heavy atom. The van der Waals surface area contributed by atoms with Gasteiger partial charge in [-0.15, -0.1) is 0 Å². The van der Waals surface area contributed by atoms with Gasteiger partial charge in [-0.1, -0.05) is 28.8 Å². The Morgan fingerprint density at radius 3 is 2.55 bits per heavy atom. The van der Waals surface area contributed by atoms with Crippen LogP contribution in [0.2, 0.25) is 0 Å². The molecular weight excluding hydrogens is 340 g/mol. The molecule has 0 heterocycles. The summed E-state index contributed by atoms with van der Waals surface area (Å²) < 4.78 is 28.6. The van der Waals surface area contributed by atoms with Crippen LogP contribution in [0.1, 0.15) is 38.2 Å². The molecule has 2 rings (SSSR count). The minimum atomic E-state index is -3.53. The standard InChI is InChI=1S/C14H21BrN2O2S/c1-9-13(16)7-12(15)8-14(9)20(18,19)17-10(2)11-5-3-4-6-11/h7-8,10-11,17H,3-6,16H2,1-2H3. The van der Waals surface area contributed by atoms with E-state index in [1.54, 1.807) is 19.1 Å². The van der Waals surface area contributed by atoms with Crippen LogP contribution in [0.3, 0.4) is 0 Å². The van der Waals surface area contributed by atoms with Crippen LogP contribution in [0.4, 0.5) is 5.69 Å². The molecule has 0 aromatic heterocycles. The fourth-order valence-corrected chi connectivity index (χ4v) is 5.05. The van der Waals surface area contributed by atoms with Crippen molar-refractivity contribution in [3.8, 4) is 0 Å². The Bertz CT molecular complexity index is 595. The lowest BCUT2D eigenvalue weighted by molar-refractivity contribution is 0.424. The van der Waals surface area contributed by atoms with Gasteiger partial charge in [0.25, 0.3) is 0 Å². The van der Waals surface area contributed by atoms with Crippen LogP contribution in [0.15, 0.2) is 21.5 Å². The highest BCUT2D eigenvalue weighted by molar-refractivity contribution is 9.10. The number of benzene rings is 1. The number of anilines is 1. The molecule has 1 aliphatic rings. The second-order valence-corrected chi connectivity index (χ2v) is 8.17. The topological polar surface area (TPSA) is 72.2 Å². The highest BCUT2D eigenvalue weighted by atomic mass is 79.9. The maximum atomic E-state index is 12.5. The zero-order chi connectivity index (χ0) is 14.9. The van der Waals surface area contributed by atoms with Crippen LogP contribution in [-0.4, -0.2) is 14.5 Å². The molecule has 0 amide bonds. The summed E-state index contributed by atoms with van der Waals surface area (Å²) in [4.78, 5) is 0.259. The van der Waals surface area contributed by atoms with Crippen LogP contribution in [0, 0.1) is 12.8 Å². The smallest absolute Gasteiger partial charge is 0.241 e. The Kier molecular flexibility index (Phi) is 4.76. The second kappa shape index (κ2) is 6.03. The van der Waals surface area contributed by atoms with Crippen molar-refractivity contribution in [2.24, 2.45) is 5.92 Å². The SMILES string of the molecule is Cc1c(N)cc(Br)cc1S(=O)(=O)NC(C)C1CCCC1. The normalized spacial score (nSPS) is 18.4. The maximum Gasteiger partial charge on any atom is 0.241 e. The molecule has 1 aromatic rings. The number of nitrogen functional groups attached to an aromatic ring is 1. The van der Waals surface area contributed by atoms with E-state index >= 15 is 0 Å². The molecule has 3 N–H and O–H groups in total. The molecule has 4 nitrogen and oxygen atoms in total. The zero-order valence-electron chi connectivity index (χ0n) is 11.8. The van der Waals surface area contributed by atoms with Crippen LogP contribution in [0.5, 0.6) is 0 Å². The van der Waals surface area contributed by atoms with Gasteiger partial charge in [-0.05, 0) is 50.3 Å². The van der Waals surface area contributed by atoms with E-state index < -0.39 is 10.0 Å². The minimum absolute atomic E-state index is 0.0397. The average Bonchev–Trinajstić information content (AvgIpc) is 2.86. The quantitative estimate of drug-likeness (QED) is 0.809. The van der Waals surface area contributed by atoms with Gasteiger partial charge < -0.3 is 5.73 Å². The van der Waals surface area contributed by atoms with Crippen molar-refractivity contribution >= 4 is 31.6 Å². The third-order valence-electron chi connectivity index (χ3n) is 4.10. The summed E-state index contributed by atoms with van der Waals surface area (Å²) in [6, 6.07) is 3.28. The highest BCUT2D eigenvalue weighted by Crippen LogP contribution is 2.30. The molecule has 1 saturated carbocycles. The summed E-state index contributed by atoms with van der Waals surface area (Å²) in [6.45, 7) is 3.68. The van der Waals surface area contributed by atoms with Crippen molar-refractivity contribution < 1.29 is 8.42 Å². The first-order valence-electron chi connectivity index (χ1n) is 6.89. The van der Waals surface area contributed by atoms with Gasteiger partial charge >= 0.3 is 0 Å². The molecule has 112 valence electrons. The minimum Gasteiger partial charge on any atom is -0.398 e. The molecule has 0 aliphatic heterocycles. The molecule has 20 heavy (non-hydrogen) atoms. The van der Waals surface area contributed by atoms with E-state index in [-0.39, 0.29) is 10.9 Å². The average molecular weight is 361 g/mol. The van der Waals surface area contributed by atoms with Gasteiger partial charge in [0.15, 0.2) is 0 Å². The molecule has 0 spiro atoms. The van der Waals surface area contributed by atoms with Crippen LogP contribution in [0.25, 0.3) is 0 Å². The first kappa shape index (κ1) is 15.8. The number of nitrogens with two attached hydrogens (primary N) is 1. The lowest BCUT2D eigenvalue weighted by Gasteiger charge is -2.21. The Balaban J connectivity index is 2.26. The molecule has 0 saturated heterocycles. The summed E-state index contributed by atoms with van der Waals surface area (Å²) in [5.41, 5.74) is 6.93. The summed E-state index contributed by atoms with van der Waals surface area (Å²) in [5.74, 6) is 0.439. The van der Waals surface area contributed by atoms with E-state index in [1.165, 1.54) is 12.8 Å². The van der Waals surface area contributed by atoms with Gasteiger partial charge in [0.1, 0.15) is 0 Å². The van der Waals surface area contributed by atoms with Gasteiger partial charge in [-0.3, -0.25) is 0 Å². The molecule has 6 heteroatoms. The van der Waals surface area contributed by atoms with E-state index in [1.807, 2.05) is 6.92 Å². The van der Waals surface area contributed by atoms with Crippen molar-refractivity contribution in [1.82, 2.24) is 4.72 Å². The monoisotopic (exact) mass is 360 g/mol. The highest BCUT2D eigenvalue weighted by Gasteiger charge is 2.27. The molecule has 1 atom stereocenters. The molecular formula is C14H21BrN2O2S. The Hall–Kier alpha value is -0.590. The predicted octanol–water partition coefficient (Wildman–Crippen LogP) is 3.20. The van der Waals surface area contributed by atoms with Gasteiger partial charge in [-0.2, -0.15) is 0 Å². The molecule has 1 aliphatic carbocycles. The number of sulfonamides is 1. The second-order valence-electron chi connectivity index (χ2n) is 5.57. The fourth-order valence-electron chi connectivity index (χ4n) is 2.82. The van der Waals surface area contributed by atoms with Crippen molar-refractivity contribution in [2.75, 3.05) is 5.73 Å². The van der Waals surface area contributed by atoms with E-state index in [2.05, 4.69) is 20.7 Å². The predicted molar refractivity (Wildman–Crippen MR) is 85.0 cm³/mol.